The monoisotopic (exact) mass is 519 g/mol. The summed E-state index contributed by atoms with van der Waals surface area (Å²) in [5.41, 5.74) is 0.987. The van der Waals surface area contributed by atoms with E-state index in [1.54, 1.807) is 48.5 Å². The molecule has 3 rings (SSSR count). The summed E-state index contributed by atoms with van der Waals surface area (Å²) in [6.45, 7) is 2.82. The summed E-state index contributed by atoms with van der Waals surface area (Å²) in [6, 6.07) is 17.7. The van der Waals surface area contributed by atoms with E-state index in [4.69, 9.17) is 14.2 Å². The molecule has 8 heteroatoms. The predicted molar refractivity (Wildman–Crippen MR) is 143 cm³/mol. The van der Waals surface area contributed by atoms with Crippen LogP contribution < -0.4 is 19.5 Å². The van der Waals surface area contributed by atoms with Crippen molar-refractivity contribution in [3.8, 4) is 17.2 Å². The molecular formula is C30H33NO7. The summed E-state index contributed by atoms with van der Waals surface area (Å²) in [5.74, 6) is -0.792. The molecule has 0 radical (unpaired) electrons. The third-order valence-electron chi connectivity index (χ3n) is 5.91. The predicted octanol–water partition coefficient (Wildman–Crippen LogP) is 5.82. The first-order chi connectivity index (χ1) is 18.4. The second-order valence-corrected chi connectivity index (χ2v) is 8.72. The third kappa shape index (κ3) is 8.37. The SMILES string of the molecule is CCCCCCCOc1ccc(C(=O)Oc2ccc(C(NC(=O)c3ccc(OC)cc3)C(=O)O)cc2)cc1. The fourth-order valence-corrected chi connectivity index (χ4v) is 3.72. The van der Waals surface area contributed by atoms with E-state index in [0.29, 0.717) is 34.8 Å². The van der Waals surface area contributed by atoms with Crippen LogP contribution in [0.3, 0.4) is 0 Å². The average Bonchev–Trinajstić information content (AvgIpc) is 2.94. The minimum atomic E-state index is -1.28. The van der Waals surface area contributed by atoms with E-state index < -0.39 is 23.9 Å². The Morgan fingerprint density at radius 1 is 0.763 bits per heavy atom. The average molecular weight is 520 g/mol. The van der Waals surface area contributed by atoms with Crippen LogP contribution in [0.1, 0.15) is 71.3 Å². The Morgan fingerprint density at radius 3 is 1.95 bits per heavy atom. The third-order valence-corrected chi connectivity index (χ3v) is 5.91. The molecule has 0 saturated heterocycles. The van der Waals surface area contributed by atoms with Crippen LogP contribution in [0.4, 0.5) is 0 Å². The highest BCUT2D eigenvalue weighted by molar-refractivity contribution is 5.97. The smallest absolute Gasteiger partial charge is 0.343 e. The Labute approximate surface area is 222 Å². The maximum Gasteiger partial charge on any atom is 0.343 e. The molecule has 0 fully saturated rings. The number of carbonyl (C=O) groups is 3. The molecule has 8 nitrogen and oxygen atoms in total. The zero-order valence-electron chi connectivity index (χ0n) is 21.6. The summed E-state index contributed by atoms with van der Waals surface area (Å²) in [5, 5.41) is 12.2. The Hall–Kier alpha value is -4.33. The number of methoxy groups -OCH3 is 1. The van der Waals surface area contributed by atoms with E-state index in [1.165, 1.54) is 50.6 Å². The number of rotatable bonds is 14. The summed E-state index contributed by atoms with van der Waals surface area (Å²) < 4.78 is 16.2. The number of hydrogen-bond donors (Lipinski definition) is 2. The maximum absolute atomic E-state index is 12.5. The van der Waals surface area contributed by atoms with Crippen molar-refractivity contribution in [1.82, 2.24) is 5.32 Å². The Bertz CT molecular complexity index is 1190. The van der Waals surface area contributed by atoms with Gasteiger partial charge in [-0.15, -0.1) is 0 Å². The number of nitrogens with one attached hydrogen (secondary N) is 1. The van der Waals surface area contributed by atoms with E-state index in [2.05, 4.69) is 12.2 Å². The van der Waals surface area contributed by atoms with Gasteiger partial charge in [0, 0.05) is 5.56 Å². The highest BCUT2D eigenvalue weighted by atomic mass is 16.5. The topological polar surface area (TPSA) is 111 Å². The summed E-state index contributed by atoms with van der Waals surface area (Å²) in [4.78, 5) is 36.9. The molecule has 0 aliphatic heterocycles. The van der Waals surface area contributed by atoms with Gasteiger partial charge < -0.3 is 24.6 Å². The van der Waals surface area contributed by atoms with Crippen LogP contribution in [0.25, 0.3) is 0 Å². The molecule has 2 N–H and O–H groups in total. The lowest BCUT2D eigenvalue weighted by molar-refractivity contribution is -0.139. The van der Waals surface area contributed by atoms with Gasteiger partial charge in [0.15, 0.2) is 6.04 Å². The molecule has 38 heavy (non-hydrogen) atoms. The summed E-state index contributed by atoms with van der Waals surface area (Å²) in [6.07, 6.45) is 5.78. The minimum absolute atomic E-state index is 0.247. The van der Waals surface area contributed by atoms with Gasteiger partial charge in [0.1, 0.15) is 17.2 Å². The number of carboxylic acids is 1. The van der Waals surface area contributed by atoms with Gasteiger partial charge in [0.05, 0.1) is 19.3 Å². The van der Waals surface area contributed by atoms with Gasteiger partial charge in [-0.1, -0.05) is 44.7 Å². The van der Waals surface area contributed by atoms with Crippen molar-refractivity contribution in [3.05, 3.63) is 89.5 Å². The molecule has 0 aromatic heterocycles. The molecule has 1 amide bonds. The number of carbonyl (C=O) groups excluding carboxylic acids is 2. The standard InChI is InChI=1S/C30H33NO7/c1-3-4-5-6-7-20-37-25-16-12-23(13-17-25)30(35)38-26-18-8-21(9-19-26)27(29(33)34)31-28(32)22-10-14-24(36-2)15-11-22/h8-19,27H,3-7,20H2,1-2H3,(H,31,32)(H,33,34). The van der Waals surface area contributed by atoms with E-state index in [-0.39, 0.29) is 5.75 Å². The van der Waals surface area contributed by atoms with Gasteiger partial charge in [-0.3, -0.25) is 4.79 Å². The maximum atomic E-state index is 12.5. The lowest BCUT2D eigenvalue weighted by Gasteiger charge is -2.15. The summed E-state index contributed by atoms with van der Waals surface area (Å²) in [7, 11) is 1.51. The first kappa shape index (κ1) is 28.2. The molecule has 0 heterocycles. The first-order valence-electron chi connectivity index (χ1n) is 12.6. The fraction of sp³-hybridized carbons (Fsp3) is 0.300. The summed E-state index contributed by atoms with van der Waals surface area (Å²) >= 11 is 0. The number of amides is 1. The van der Waals surface area contributed by atoms with Crippen molar-refractivity contribution in [2.75, 3.05) is 13.7 Å². The van der Waals surface area contributed by atoms with E-state index in [9.17, 15) is 19.5 Å². The molecular weight excluding hydrogens is 486 g/mol. The first-order valence-corrected chi connectivity index (χ1v) is 12.6. The van der Waals surface area contributed by atoms with Gasteiger partial charge in [0.25, 0.3) is 5.91 Å². The zero-order valence-corrected chi connectivity index (χ0v) is 21.6. The Kier molecular flexibility index (Phi) is 10.7. The Morgan fingerprint density at radius 2 is 1.34 bits per heavy atom. The van der Waals surface area contributed by atoms with Crippen molar-refractivity contribution < 1.29 is 33.7 Å². The highest BCUT2D eigenvalue weighted by Crippen LogP contribution is 2.21. The lowest BCUT2D eigenvalue weighted by atomic mass is 10.1. The number of esters is 1. The molecule has 1 atom stereocenters. The van der Waals surface area contributed by atoms with Crippen LogP contribution in [0.5, 0.6) is 17.2 Å². The van der Waals surface area contributed by atoms with Gasteiger partial charge in [-0.25, -0.2) is 9.59 Å². The molecule has 0 aliphatic rings. The molecule has 0 saturated carbocycles. The van der Waals surface area contributed by atoms with Gasteiger partial charge in [0.2, 0.25) is 0 Å². The van der Waals surface area contributed by atoms with Gasteiger partial charge >= 0.3 is 11.9 Å². The van der Waals surface area contributed by atoms with Crippen molar-refractivity contribution in [2.24, 2.45) is 0 Å². The number of benzene rings is 3. The Balaban J connectivity index is 1.55. The number of hydrogen-bond acceptors (Lipinski definition) is 6. The van der Waals surface area contributed by atoms with Crippen LogP contribution in [0.2, 0.25) is 0 Å². The number of unbranched alkanes of at least 4 members (excludes halogenated alkanes) is 4. The second kappa shape index (κ2) is 14.4. The van der Waals surface area contributed by atoms with Gasteiger partial charge in [-0.05, 0) is 72.6 Å². The van der Waals surface area contributed by atoms with Crippen molar-refractivity contribution in [1.29, 1.82) is 0 Å². The van der Waals surface area contributed by atoms with Crippen molar-refractivity contribution >= 4 is 17.8 Å². The quantitative estimate of drug-likeness (QED) is 0.157. The van der Waals surface area contributed by atoms with E-state index in [0.717, 1.165) is 12.8 Å². The van der Waals surface area contributed by atoms with Crippen LogP contribution in [-0.4, -0.2) is 36.7 Å². The van der Waals surface area contributed by atoms with E-state index >= 15 is 0 Å². The second-order valence-electron chi connectivity index (χ2n) is 8.72. The number of aliphatic carboxylic acids is 1. The molecule has 0 aliphatic carbocycles. The normalized spacial score (nSPS) is 11.3. The molecule has 0 spiro atoms. The lowest BCUT2D eigenvalue weighted by Crippen LogP contribution is -2.33. The van der Waals surface area contributed by atoms with Crippen LogP contribution in [0, 0.1) is 0 Å². The number of ether oxygens (including phenoxy) is 3. The fourth-order valence-electron chi connectivity index (χ4n) is 3.72. The molecule has 3 aromatic rings. The molecule has 3 aromatic carbocycles. The van der Waals surface area contributed by atoms with Crippen LogP contribution >= 0.6 is 0 Å². The van der Waals surface area contributed by atoms with Crippen LogP contribution in [0.15, 0.2) is 72.8 Å². The molecule has 0 bridgehead atoms. The minimum Gasteiger partial charge on any atom is -0.497 e. The highest BCUT2D eigenvalue weighted by Gasteiger charge is 2.23. The molecule has 1 unspecified atom stereocenters. The van der Waals surface area contributed by atoms with Crippen LogP contribution in [-0.2, 0) is 4.79 Å². The number of carboxylic acid groups (broad SMARTS) is 1. The molecule has 200 valence electrons. The zero-order chi connectivity index (χ0) is 27.3. The van der Waals surface area contributed by atoms with E-state index in [1.807, 2.05) is 0 Å². The van der Waals surface area contributed by atoms with Crippen molar-refractivity contribution in [2.45, 2.75) is 45.1 Å². The van der Waals surface area contributed by atoms with Crippen molar-refractivity contribution in [3.63, 3.8) is 0 Å². The largest absolute Gasteiger partial charge is 0.497 e. The van der Waals surface area contributed by atoms with Gasteiger partial charge in [-0.2, -0.15) is 0 Å².